The molecule has 4 N–H and O–H groups in total. The highest BCUT2D eigenvalue weighted by Gasteiger charge is 2.38. The Morgan fingerprint density at radius 2 is 1.76 bits per heavy atom. The molecule has 7 nitrogen and oxygen atoms in total. The smallest absolute Gasteiger partial charge is 0.475 e. The van der Waals surface area contributed by atoms with E-state index < -0.39 is 12.1 Å². The van der Waals surface area contributed by atoms with Crippen LogP contribution in [0.1, 0.15) is 0 Å². The molecule has 2 aromatic rings. The van der Waals surface area contributed by atoms with Crippen LogP contribution in [0.4, 0.5) is 18.9 Å². The molecule has 1 aromatic heterocycles. The number of benzene rings is 1. The number of nitrogens with one attached hydrogen (secondary N) is 1. The van der Waals surface area contributed by atoms with Crippen molar-refractivity contribution in [2.24, 2.45) is 5.73 Å². The number of carboxylic acids is 1. The van der Waals surface area contributed by atoms with Gasteiger partial charge in [-0.15, -0.1) is 0 Å². The first-order valence-electron chi connectivity index (χ1n) is 6.70. The second-order valence-corrected chi connectivity index (χ2v) is 4.37. The van der Waals surface area contributed by atoms with E-state index in [0.717, 1.165) is 0 Å². The van der Waals surface area contributed by atoms with Gasteiger partial charge in [0.2, 0.25) is 5.91 Å². The van der Waals surface area contributed by atoms with E-state index >= 15 is 0 Å². The zero-order valence-corrected chi connectivity index (χ0v) is 12.7. The topological polar surface area (TPSA) is 115 Å². The predicted octanol–water partition coefficient (Wildman–Crippen LogP) is 2.40. The molecule has 0 atom stereocenters. The maximum atomic E-state index is 11.1. The van der Waals surface area contributed by atoms with E-state index in [-0.39, 0.29) is 12.5 Å². The second-order valence-electron chi connectivity index (χ2n) is 4.37. The maximum Gasteiger partial charge on any atom is 0.490 e. The number of carboxylic acid groups (broad SMARTS) is 1. The van der Waals surface area contributed by atoms with E-state index in [1.54, 1.807) is 42.7 Å². The fourth-order valence-corrected chi connectivity index (χ4v) is 1.36. The Balaban J connectivity index is 0.000000381. The van der Waals surface area contributed by atoms with Crippen molar-refractivity contribution in [3.63, 3.8) is 0 Å². The first kappa shape index (κ1) is 19.9. The Hall–Kier alpha value is -3.14. The summed E-state index contributed by atoms with van der Waals surface area (Å²) in [6.45, 7) is -0.0338. The number of carbonyl (C=O) groups is 2. The summed E-state index contributed by atoms with van der Waals surface area (Å²) in [7, 11) is 0. The van der Waals surface area contributed by atoms with Crippen molar-refractivity contribution >= 4 is 17.6 Å². The summed E-state index contributed by atoms with van der Waals surface area (Å²) in [5.74, 6) is -1.64. The van der Waals surface area contributed by atoms with Crippen molar-refractivity contribution in [2.45, 2.75) is 6.18 Å². The number of alkyl halides is 3. The number of nitrogens with zero attached hydrogens (tertiary/aromatic N) is 1. The molecule has 0 aliphatic heterocycles. The van der Waals surface area contributed by atoms with Gasteiger partial charge in [-0.05, 0) is 36.4 Å². The Labute approximate surface area is 140 Å². The highest BCUT2D eigenvalue weighted by molar-refractivity contribution is 5.92. The number of ether oxygens (including phenoxy) is 1. The SMILES string of the molecule is NCC(=O)Nc1ccc(Oc2cccnc2)cc1.O=C(O)C(F)(F)F. The van der Waals surface area contributed by atoms with Crippen molar-refractivity contribution in [3.8, 4) is 11.5 Å². The fourth-order valence-electron chi connectivity index (χ4n) is 1.36. The van der Waals surface area contributed by atoms with E-state index in [0.29, 0.717) is 17.2 Å². The summed E-state index contributed by atoms with van der Waals surface area (Å²) in [4.78, 5) is 23.9. The fraction of sp³-hybridized carbons (Fsp3) is 0.133. The Bertz CT molecular complexity index is 691. The van der Waals surface area contributed by atoms with Crippen LogP contribution >= 0.6 is 0 Å². The van der Waals surface area contributed by atoms with Gasteiger partial charge in [-0.3, -0.25) is 9.78 Å². The van der Waals surface area contributed by atoms with Crippen LogP contribution in [0.2, 0.25) is 0 Å². The number of hydrogen-bond acceptors (Lipinski definition) is 5. The minimum atomic E-state index is -5.08. The molecule has 0 saturated carbocycles. The first-order valence-corrected chi connectivity index (χ1v) is 6.70. The Morgan fingerprint density at radius 3 is 2.20 bits per heavy atom. The van der Waals surface area contributed by atoms with Crippen molar-refractivity contribution in [2.75, 3.05) is 11.9 Å². The van der Waals surface area contributed by atoms with Gasteiger partial charge in [-0.2, -0.15) is 13.2 Å². The van der Waals surface area contributed by atoms with Crippen molar-refractivity contribution < 1.29 is 32.6 Å². The standard InChI is InChI=1S/C13H13N3O2.C2HF3O2/c14-8-13(17)16-10-3-5-11(6-4-10)18-12-2-1-7-15-9-12;3-2(4,5)1(6)7/h1-7,9H,8,14H2,(H,16,17);(H,6,7). The number of halogens is 3. The molecule has 0 saturated heterocycles. The number of hydrogen-bond donors (Lipinski definition) is 3. The monoisotopic (exact) mass is 357 g/mol. The summed E-state index contributed by atoms with van der Waals surface area (Å²) >= 11 is 0. The van der Waals surface area contributed by atoms with Crippen LogP contribution in [0.25, 0.3) is 0 Å². The van der Waals surface area contributed by atoms with Crippen LogP contribution in [0.5, 0.6) is 11.5 Å². The van der Waals surface area contributed by atoms with Gasteiger partial charge in [0, 0.05) is 11.9 Å². The third-order valence-electron chi connectivity index (χ3n) is 2.44. The minimum Gasteiger partial charge on any atom is -0.475 e. The lowest BCUT2D eigenvalue weighted by Gasteiger charge is -2.07. The highest BCUT2D eigenvalue weighted by atomic mass is 19.4. The number of nitrogens with two attached hydrogens (primary N) is 1. The number of amides is 1. The van der Waals surface area contributed by atoms with Crippen molar-refractivity contribution in [1.29, 1.82) is 0 Å². The number of aromatic nitrogens is 1. The molecule has 1 amide bonds. The van der Waals surface area contributed by atoms with Crippen LogP contribution in [-0.4, -0.2) is 34.7 Å². The molecule has 134 valence electrons. The molecular weight excluding hydrogens is 343 g/mol. The van der Waals surface area contributed by atoms with Crippen LogP contribution in [0.15, 0.2) is 48.8 Å². The molecule has 1 aromatic carbocycles. The summed E-state index contributed by atoms with van der Waals surface area (Å²) in [6, 6.07) is 10.6. The Kier molecular flexibility index (Phi) is 7.35. The molecule has 0 radical (unpaired) electrons. The molecule has 1 heterocycles. The van der Waals surface area contributed by atoms with E-state index in [1.165, 1.54) is 0 Å². The third kappa shape index (κ3) is 7.79. The second kappa shape index (κ2) is 9.23. The van der Waals surface area contributed by atoms with Gasteiger partial charge >= 0.3 is 12.1 Å². The average molecular weight is 357 g/mol. The molecule has 0 aliphatic rings. The first-order chi connectivity index (χ1) is 11.7. The molecule has 0 unspecified atom stereocenters. The van der Waals surface area contributed by atoms with Gasteiger partial charge in [0.1, 0.15) is 11.5 Å². The van der Waals surface area contributed by atoms with Gasteiger partial charge < -0.3 is 20.9 Å². The largest absolute Gasteiger partial charge is 0.490 e. The highest BCUT2D eigenvalue weighted by Crippen LogP contribution is 2.21. The van der Waals surface area contributed by atoms with Gasteiger partial charge in [-0.25, -0.2) is 4.79 Å². The summed E-state index contributed by atoms with van der Waals surface area (Å²) < 4.78 is 37.3. The van der Waals surface area contributed by atoms with E-state index in [2.05, 4.69) is 10.3 Å². The predicted molar refractivity (Wildman–Crippen MR) is 82.1 cm³/mol. The quantitative estimate of drug-likeness (QED) is 0.774. The molecule has 0 fully saturated rings. The van der Waals surface area contributed by atoms with E-state index in [9.17, 15) is 18.0 Å². The van der Waals surface area contributed by atoms with Gasteiger partial charge in [0.15, 0.2) is 0 Å². The Morgan fingerprint density at radius 1 is 1.16 bits per heavy atom. The zero-order valence-electron chi connectivity index (χ0n) is 12.7. The summed E-state index contributed by atoms with van der Waals surface area (Å²) in [5.41, 5.74) is 5.89. The maximum absolute atomic E-state index is 11.1. The van der Waals surface area contributed by atoms with E-state index in [1.807, 2.05) is 6.07 Å². The van der Waals surface area contributed by atoms with Gasteiger partial charge in [-0.1, -0.05) is 0 Å². The van der Waals surface area contributed by atoms with Crippen LogP contribution < -0.4 is 15.8 Å². The average Bonchev–Trinajstić information content (AvgIpc) is 2.57. The van der Waals surface area contributed by atoms with Gasteiger partial charge in [0.25, 0.3) is 0 Å². The van der Waals surface area contributed by atoms with Crippen molar-refractivity contribution in [3.05, 3.63) is 48.8 Å². The molecule has 2 rings (SSSR count). The molecule has 25 heavy (non-hydrogen) atoms. The number of aliphatic carboxylic acids is 1. The third-order valence-corrected chi connectivity index (χ3v) is 2.44. The minimum absolute atomic E-state index is 0.0338. The molecular formula is C15H14F3N3O4. The number of anilines is 1. The lowest BCUT2D eigenvalue weighted by atomic mass is 10.3. The van der Waals surface area contributed by atoms with Crippen LogP contribution in [0.3, 0.4) is 0 Å². The summed E-state index contributed by atoms with van der Waals surface area (Å²) in [6.07, 6.45) is -1.78. The zero-order chi connectivity index (χ0) is 18.9. The van der Waals surface area contributed by atoms with Gasteiger partial charge in [0.05, 0.1) is 12.7 Å². The normalized spacial score (nSPS) is 10.2. The van der Waals surface area contributed by atoms with E-state index in [4.69, 9.17) is 20.4 Å². The number of carbonyl (C=O) groups excluding carboxylic acids is 1. The van der Waals surface area contributed by atoms with Crippen LogP contribution in [-0.2, 0) is 9.59 Å². The lowest BCUT2D eigenvalue weighted by Crippen LogP contribution is -2.21. The molecule has 0 spiro atoms. The van der Waals surface area contributed by atoms with Crippen LogP contribution in [0, 0.1) is 0 Å². The lowest BCUT2D eigenvalue weighted by molar-refractivity contribution is -0.192. The summed E-state index contributed by atoms with van der Waals surface area (Å²) in [5, 5.41) is 9.78. The van der Waals surface area contributed by atoms with Crippen molar-refractivity contribution in [1.82, 2.24) is 4.98 Å². The molecule has 0 aliphatic carbocycles. The molecule has 10 heteroatoms. The number of rotatable bonds is 4. The number of pyridine rings is 1. The molecule has 0 bridgehead atoms.